The number of rotatable bonds is 6. The lowest BCUT2D eigenvalue weighted by molar-refractivity contribution is -0.127. The van der Waals surface area contributed by atoms with E-state index in [1.807, 2.05) is 20.8 Å². The molecular weight excluding hydrogens is 242 g/mol. The van der Waals surface area contributed by atoms with E-state index in [1.54, 1.807) is 19.1 Å². The van der Waals surface area contributed by atoms with Gasteiger partial charge in [0, 0.05) is 12.1 Å². The molecule has 1 rings (SSSR count). The number of aldehydes is 1. The van der Waals surface area contributed by atoms with E-state index in [4.69, 9.17) is 4.74 Å². The number of nitrogens with one attached hydrogen (secondary N) is 1. The molecule has 0 saturated carbocycles. The van der Waals surface area contributed by atoms with Gasteiger partial charge in [-0.25, -0.2) is 0 Å². The van der Waals surface area contributed by atoms with E-state index >= 15 is 0 Å². The second kappa shape index (κ2) is 6.92. The predicted molar refractivity (Wildman–Crippen MR) is 74.7 cm³/mol. The summed E-state index contributed by atoms with van der Waals surface area (Å²) in [6.45, 7) is 8.10. The van der Waals surface area contributed by atoms with E-state index in [2.05, 4.69) is 5.32 Å². The summed E-state index contributed by atoms with van der Waals surface area (Å²) in [7, 11) is 0. The Morgan fingerprint density at radius 2 is 1.95 bits per heavy atom. The van der Waals surface area contributed by atoms with Crippen LogP contribution in [0.25, 0.3) is 0 Å². The SMILES string of the molecule is CCCNC(=O)C(C)Oc1c(C)cc(C=O)cc1C. The van der Waals surface area contributed by atoms with Gasteiger partial charge in [-0.15, -0.1) is 0 Å². The van der Waals surface area contributed by atoms with Crippen LogP contribution < -0.4 is 10.1 Å². The number of carbonyl (C=O) groups excluding carboxylic acids is 2. The van der Waals surface area contributed by atoms with Crippen LogP contribution in [0.1, 0.15) is 41.8 Å². The first-order valence-corrected chi connectivity index (χ1v) is 6.50. The van der Waals surface area contributed by atoms with E-state index in [0.29, 0.717) is 17.9 Å². The van der Waals surface area contributed by atoms with Crippen LogP contribution in [0.5, 0.6) is 5.75 Å². The van der Waals surface area contributed by atoms with Gasteiger partial charge < -0.3 is 10.1 Å². The highest BCUT2D eigenvalue weighted by atomic mass is 16.5. The molecule has 0 aliphatic heterocycles. The van der Waals surface area contributed by atoms with E-state index in [9.17, 15) is 9.59 Å². The molecule has 1 aromatic carbocycles. The molecule has 0 radical (unpaired) electrons. The third-order valence-electron chi connectivity index (χ3n) is 2.83. The van der Waals surface area contributed by atoms with Crippen molar-refractivity contribution in [1.29, 1.82) is 0 Å². The standard InChI is InChI=1S/C15H21NO3/c1-5-6-16-15(18)12(4)19-14-10(2)7-13(9-17)8-11(14)3/h7-9,12H,5-6H2,1-4H3,(H,16,18). The highest BCUT2D eigenvalue weighted by molar-refractivity contribution is 5.81. The number of benzene rings is 1. The van der Waals surface area contributed by atoms with Crippen LogP contribution in [0.2, 0.25) is 0 Å². The van der Waals surface area contributed by atoms with Crippen LogP contribution in [0.4, 0.5) is 0 Å². The molecule has 1 aromatic rings. The van der Waals surface area contributed by atoms with Gasteiger partial charge in [-0.3, -0.25) is 9.59 Å². The van der Waals surface area contributed by atoms with Gasteiger partial charge >= 0.3 is 0 Å². The largest absolute Gasteiger partial charge is 0.480 e. The monoisotopic (exact) mass is 263 g/mol. The number of hydrogen-bond acceptors (Lipinski definition) is 3. The molecule has 0 fully saturated rings. The average molecular weight is 263 g/mol. The maximum atomic E-state index is 11.8. The fourth-order valence-electron chi connectivity index (χ4n) is 1.86. The number of carbonyl (C=O) groups is 2. The molecule has 0 aliphatic carbocycles. The summed E-state index contributed by atoms with van der Waals surface area (Å²) < 4.78 is 5.71. The Morgan fingerprint density at radius 3 is 2.42 bits per heavy atom. The Hall–Kier alpha value is -1.84. The van der Waals surface area contributed by atoms with E-state index in [1.165, 1.54) is 0 Å². The quantitative estimate of drug-likeness (QED) is 0.802. The number of hydrogen-bond donors (Lipinski definition) is 1. The molecule has 0 aromatic heterocycles. The maximum absolute atomic E-state index is 11.8. The summed E-state index contributed by atoms with van der Waals surface area (Å²) in [5.41, 5.74) is 2.33. The maximum Gasteiger partial charge on any atom is 0.260 e. The minimum Gasteiger partial charge on any atom is -0.480 e. The lowest BCUT2D eigenvalue weighted by Gasteiger charge is -2.18. The Kier molecular flexibility index (Phi) is 5.55. The number of amides is 1. The first-order chi connectivity index (χ1) is 8.99. The Balaban J connectivity index is 2.82. The zero-order valence-electron chi connectivity index (χ0n) is 11.9. The zero-order chi connectivity index (χ0) is 14.4. The average Bonchev–Trinajstić information content (AvgIpc) is 2.39. The molecule has 104 valence electrons. The Morgan fingerprint density at radius 1 is 1.37 bits per heavy atom. The van der Waals surface area contributed by atoms with Crippen molar-refractivity contribution in [3.8, 4) is 5.75 Å². The lowest BCUT2D eigenvalue weighted by atomic mass is 10.1. The van der Waals surface area contributed by atoms with Gasteiger partial charge in [0.05, 0.1) is 0 Å². The molecule has 0 saturated heterocycles. The predicted octanol–water partition coefficient (Wildman–Crippen LogP) is 2.41. The Labute approximate surface area is 114 Å². The van der Waals surface area contributed by atoms with Crippen molar-refractivity contribution in [3.63, 3.8) is 0 Å². The van der Waals surface area contributed by atoms with Gasteiger partial charge in [-0.05, 0) is 50.5 Å². The van der Waals surface area contributed by atoms with Crippen LogP contribution in [0.3, 0.4) is 0 Å². The second-order valence-electron chi connectivity index (χ2n) is 4.65. The molecule has 0 heterocycles. The van der Waals surface area contributed by atoms with Crippen molar-refractivity contribution in [2.45, 2.75) is 40.2 Å². The smallest absolute Gasteiger partial charge is 0.260 e. The van der Waals surface area contributed by atoms with Crippen LogP contribution in [0.15, 0.2) is 12.1 Å². The molecule has 1 atom stereocenters. The third-order valence-corrected chi connectivity index (χ3v) is 2.83. The normalized spacial score (nSPS) is 11.8. The van der Waals surface area contributed by atoms with Gasteiger partial charge in [0.2, 0.25) is 0 Å². The van der Waals surface area contributed by atoms with Crippen LogP contribution in [-0.2, 0) is 4.79 Å². The molecule has 0 bridgehead atoms. The molecule has 1 N–H and O–H groups in total. The fraction of sp³-hybridized carbons (Fsp3) is 0.467. The summed E-state index contributed by atoms with van der Waals surface area (Å²) in [5.74, 6) is 0.546. The molecule has 0 spiro atoms. The van der Waals surface area contributed by atoms with Crippen LogP contribution >= 0.6 is 0 Å². The molecular formula is C15H21NO3. The van der Waals surface area contributed by atoms with Gasteiger partial charge in [-0.2, -0.15) is 0 Å². The molecule has 0 aliphatic rings. The van der Waals surface area contributed by atoms with Gasteiger partial charge in [0.15, 0.2) is 6.10 Å². The minimum atomic E-state index is -0.550. The third kappa shape index (κ3) is 4.09. The van der Waals surface area contributed by atoms with Crippen molar-refractivity contribution in [2.75, 3.05) is 6.54 Å². The van der Waals surface area contributed by atoms with Crippen molar-refractivity contribution < 1.29 is 14.3 Å². The van der Waals surface area contributed by atoms with Crippen LogP contribution in [0, 0.1) is 13.8 Å². The molecule has 4 heteroatoms. The van der Waals surface area contributed by atoms with E-state index < -0.39 is 6.10 Å². The number of ether oxygens (including phenoxy) is 1. The summed E-state index contributed by atoms with van der Waals surface area (Å²) in [4.78, 5) is 22.5. The minimum absolute atomic E-state index is 0.125. The Bertz CT molecular complexity index is 445. The van der Waals surface area contributed by atoms with Gasteiger partial charge in [-0.1, -0.05) is 6.92 Å². The topological polar surface area (TPSA) is 55.4 Å². The molecule has 19 heavy (non-hydrogen) atoms. The van der Waals surface area contributed by atoms with Crippen molar-refractivity contribution in [2.24, 2.45) is 0 Å². The lowest BCUT2D eigenvalue weighted by Crippen LogP contribution is -2.36. The summed E-state index contributed by atoms with van der Waals surface area (Å²) in [5, 5.41) is 2.79. The molecule has 1 amide bonds. The highest BCUT2D eigenvalue weighted by Gasteiger charge is 2.16. The summed E-state index contributed by atoms with van der Waals surface area (Å²) >= 11 is 0. The summed E-state index contributed by atoms with van der Waals surface area (Å²) in [6, 6.07) is 3.51. The van der Waals surface area contributed by atoms with Crippen molar-refractivity contribution in [1.82, 2.24) is 5.32 Å². The first kappa shape index (κ1) is 15.2. The molecule has 4 nitrogen and oxygen atoms in total. The highest BCUT2D eigenvalue weighted by Crippen LogP contribution is 2.25. The fourth-order valence-corrected chi connectivity index (χ4v) is 1.86. The first-order valence-electron chi connectivity index (χ1n) is 6.50. The zero-order valence-corrected chi connectivity index (χ0v) is 11.9. The van der Waals surface area contributed by atoms with Gasteiger partial charge in [0.1, 0.15) is 12.0 Å². The van der Waals surface area contributed by atoms with Crippen molar-refractivity contribution >= 4 is 12.2 Å². The van der Waals surface area contributed by atoms with Crippen molar-refractivity contribution in [3.05, 3.63) is 28.8 Å². The second-order valence-corrected chi connectivity index (χ2v) is 4.65. The molecule has 1 unspecified atom stereocenters. The van der Waals surface area contributed by atoms with Gasteiger partial charge in [0.25, 0.3) is 5.91 Å². The van der Waals surface area contributed by atoms with Crippen LogP contribution in [-0.4, -0.2) is 24.8 Å². The van der Waals surface area contributed by atoms with E-state index in [-0.39, 0.29) is 5.91 Å². The summed E-state index contributed by atoms with van der Waals surface area (Å²) in [6.07, 6.45) is 1.15. The number of aryl methyl sites for hydroxylation is 2. The van der Waals surface area contributed by atoms with E-state index in [0.717, 1.165) is 23.8 Å².